The zero-order valence-electron chi connectivity index (χ0n) is 18.7. The third-order valence-electron chi connectivity index (χ3n) is 5.20. The van der Waals surface area contributed by atoms with Gasteiger partial charge in [-0.3, -0.25) is 9.59 Å². The molecular weight excluding hydrogens is 394 g/mol. The first-order chi connectivity index (χ1) is 14.9. The van der Waals surface area contributed by atoms with Crippen LogP contribution in [-0.2, 0) is 29.0 Å². The van der Waals surface area contributed by atoms with E-state index < -0.39 is 0 Å². The highest BCUT2D eigenvalue weighted by molar-refractivity contribution is 5.92. The van der Waals surface area contributed by atoms with Gasteiger partial charge in [0.15, 0.2) is 11.5 Å². The minimum Gasteiger partial charge on any atom is -0.493 e. The van der Waals surface area contributed by atoms with E-state index in [0.717, 1.165) is 16.7 Å². The number of carbonyl (C=O) groups is 2. The highest BCUT2D eigenvalue weighted by atomic mass is 16.5. The SMILES string of the molecule is COc1cccc(CN(C)C(=O)CCc2cnc3c(c2)CCC(=O)N3)c1OCC(C)C. The van der Waals surface area contributed by atoms with Gasteiger partial charge in [0.05, 0.1) is 13.7 Å². The molecule has 0 unspecified atom stereocenters. The Morgan fingerprint density at radius 3 is 2.84 bits per heavy atom. The molecule has 2 aromatic rings. The molecular formula is C24H31N3O4. The molecule has 1 aliphatic heterocycles. The number of fused-ring (bicyclic) bond motifs is 1. The molecule has 3 rings (SSSR count). The normalized spacial score (nSPS) is 12.9. The molecule has 0 spiro atoms. The van der Waals surface area contributed by atoms with Crippen LogP contribution in [0, 0.1) is 5.92 Å². The molecule has 0 bridgehead atoms. The Balaban J connectivity index is 1.61. The molecule has 1 N–H and O–H groups in total. The van der Waals surface area contributed by atoms with E-state index in [1.165, 1.54) is 0 Å². The van der Waals surface area contributed by atoms with Crippen LogP contribution in [0.3, 0.4) is 0 Å². The summed E-state index contributed by atoms with van der Waals surface area (Å²) in [7, 11) is 3.42. The van der Waals surface area contributed by atoms with Gasteiger partial charge in [-0.15, -0.1) is 0 Å². The van der Waals surface area contributed by atoms with Crippen LogP contribution in [0.2, 0.25) is 0 Å². The van der Waals surface area contributed by atoms with Crippen molar-refractivity contribution in [3.8, 4) is 11.5 Å². The van der Waals surface area contributed by atoms with Crippen LogP contribution in [0.25, 0.3) is 0 Å². The van der Waals surface area contributed by atoms with E-state index in [0.29, 0.717) is 62.1 Å². The minimum atomic E-state index is -0.00108. The molecule has 2 heterocycles. The predicted octanol–water partition coefficient (Wildman–Crippen LogP) is 3.60. The van der Waals surface area contributed by atoms with E-state index in [1.54, 1.807) is 25.3 Å². The van der Waals surface area contributed by atoms with Crippen molar-refractivity contribution in [2.45, 2.75) is 46.1 Å². The lowest BCUT2D eigenvalue weighted by Crippen LogP contribution is -2.27. The molecule has 31 heavy (non-hydrogen) atoms. The van der Waals surface area contributed by atoms with Crippen molar-refractivity contribution in [1.82, 2.24) is 9.88 Å². The molecule has 1 aliphatic rings. The summed E-state index contributed by atoms with van der Waals surface area (Å²) in [6, 6.07) is 7.78. The Morgan fingerprint density at radius 2 is 2.10 bits per heavy atom. The molecule has 0 aliphatic carbocycles. The molecule has 7 heteroatoms. The Kier molecular flexibility index (Phi) is 7.50. The third-order valence-corrected chi connectivity index (χ3v) is 5.20. The summed E-state index contributed by atoms with van der Waals surface area (Å²) in [5.41, 5.74) is 2.95. The van der Waals surface area contributed by atoms with Gasteiger partial charge in [0.2, 0.25) is 11.8 Å². The van der Waals surface area contributed by atoms with Crippen molar-refractivity contribution in [3.63, 3.8) is 0 Å². The molecule has 166 valence electrons. The highest BCUT2D eigenvalue weighted by Gasteiger charge is 2.18. The van der Waals surface area contributed by atoms with Gasteiger partial charge in [0.25, 0.3) is 0 Å². The second-order valence-electron chi connectivity index (χ2n) is 8.30. The zero-order valence-corrected chi connectivity index (χ0v) is 18.7. The van der Waals surface area contributed by atoms with Crippen molar-refractivity contribution in [2.24, 2.45) is 5.92 Å². The lowest BCUT2D eigenvalue weighted by Gasteiger charge is -2.21. The topological polar surface area (TPSA) is 80.8 Å². The standard InChI is InChI=1S/C24H31N3O4/c1-16(2)15-31-23-19(6-5-7-20(23)30-4)14-27(3)22(29)11-8-17-12-18-9-10-21(28)26-24(18)25-13-17/h5-7,12-13,16H,8-11,14-15H2,1-4H3,(H,25,26,28). The number of benzene rings is 1. The molecule has 1 aromatic heterocycles. The quantitative estimate of drug-likeness (QED) is 0.664. The molecule has 0 radical (unpaired) electrons. The maximum Gasteiger partial charge on any atom is 0.225 e. The Labute approximate surface area is 183 Å². The van der Waals surface area contributed by atoms with E-state index in [1.807, 2.05) is 24.3 Å². The van der Waals surface area contributed by atoms with Gasteiger partial charge in [-0.1, -0.05) is 32.0 Å². The number of amides is 2. The summed E-state index contributed by atoms with van der Waals surface area (Å²) >= 11 is 0. The number of methoxy groups -OCH3 is 1. The lowest BCUT2D eigenvalue weighted by atomic mass is 10.0. The number of nitrogens with one attached hydrogen (secondary N) is 1. The zero-order chi connectivity index (χ0) is 22.4. The van der Waals surface area contributed by atoms with Gasteiger partial charge >= 0.3 is 0 Å². The maximum atomic E-state index is 12.8. The molecule has 0 saturated heterocycles. The first-order valence-electron chi connectivity index (χ1n) is 10.7. The molecule has 0 atom stereocenters. The Hall–Kier alpha value is -3.09. The van der Waals surface area contributed by atoms with Crippen molar-refractivity contribution in [2.75, 3.05) is 26.1 Å². The summed E-state index contributed by atoms with van der Waals surface area (Å²) in [4.78, 5) is 30.3. The largest absolute Gasteiger partial charge is 0.493 e. The minimum absolute atomic E-state index is 0.00108. The van der Waals surface area contributed by atoms with Crippen molar-refractivity contribution >= 4 is 17.6 Å². The van der Waals surface area contributed by atoms with Crippen LogP contribution in [0.4, 0.5) is 5.82 Å². The molecule has 0 fully saturated rings. The van der Waals surface area contributed by atoms with Crippen molar-refractivity contribution in [3.05, 3.63) is 47.2 Å². The average molecular weight is 426 g/mol. The fourth-order valence-corrected chi connectivity index (χ4v) is 3.49. The second kappa shape index (κ2) is 10.3. The van der Waals surface area contributed by atoms with Gasteiger partial charge in [-0.2, -0.15) is 0 Å². The van der Waals surface area contributed by atoms with Crippen LogP contribution in [0.5, 0.6) is 11.5 Å². The van der Waals surface area contributed by atoms with Crippen molar-refractivity contribution in [1.29, 1.82) is 0 Å². The monoisotopic (exact) mass is 425 g/mol. The number of nitrogens with zero attached hydrogens (tertiary/aromatic N) is 2. The first kappa shape index (κ1) is 22.6. The number of rotatable bonds is 9. The van der Waals surface area contributed by atoms with Crippen LogP contribution >= 0.6 is 0 Å². The summed E-state index contributed by atoms with van der Waals surface area (Å²) in [5.74, 6) is 2.43. The summed E-state index contributed by atoms with van der Waals surface area (Å²) in [6.45, 7) is 5.21. The molecule has 7 nitrogen and oxygen atoms in total. The van der Waals surface area contributed by atoms with E-state index in [2.05, 4.69) is 24.1 Å². The van der Waals surface area contributed by atoms with Gasteiger partial charge in [0, 0.05) is 38.2 Å². The van der Waals surface area contributed by atoms with Crippen LogP contribution in [0.15, 0.2) is 30.5 Å². The maximum absolute atomic E-state index is 12.8. The van der Waals surface area contributed by atoms with E-state index in [9.17, 15) is 9.59 Å². The Morgan fingerprint density at radius 1 is 1.29 bits per heavy atom. The smallest absolute Gasteiger partial charge is 0.225 e. The third kappa shape index (κ3) is 5.96. The van der Waals surface area contributed by atoms with Gasteiger partial charge < -0.3 is 19.7 Å². The van der Waals surface area contributed by atoms with Crippen LogP contribution < -0.4 is 14.8 Å². The average Bonchev–Trinajstić information content (AvgIpc) is 2.76. The number of carbonyl (C=O) groups excluding carboxylic acids is 2. The molecule has 2 amide bonds. The fraction of sp³-hybridized carbons (Fsp3) is 0.458. The molecule has 1 aromatic carbocycles. The number of pyridine rings is 1. The predicted molar refractivity (Wildman–Crippen MR) is 119 cm³/mol. The summed E-state index contributed by atoms with van der Waals surface area (Å²) in [5, 5.41) is 2.78. The summed E-state index contributed by atoms with van der Waals surface area (Å²) < 4.78 is 11.4. The first-order valence-corrected chi connectivity index (χ1v) is 10.7. The fourth-order valence-electron chi connectivity index (χ4n) is 3.49. The second-order valence-corrected chi connectivity index (χ2v) is 8.30. The van der Waals surface area contributed by atoms with Crippen LogP contribution in [-0.4, -0.2) is 42.5 Å². The summed E-state index contributed by atoms with van der Waals surface area (Å²) in [6.07, 6.45) is 3.88. The van der Waals surface area contributed by atoms with Crippen molar-refractivity contribution < 1.29 is 19.1 Å². The highest BCUT2D eigenvalue weighted by Crippen LogP contribution is 2.32. The number of para-hydroxylation sites is 1. The number of anilines is 1. The number of aryl methyl sites for hydroxylation is 2. The number of ether oxygens (including phenoxy) is 2. The number of aromatic nitrogens is 1. The van der Waals surface area contributed by atoms with E-state index in [4.69, 9.17) is 9.47 Å². The lowest BCUT2D eigenvalue weighted by molar-refractivity contribution is -0.130. The number of hydrogen-bond acceptors (Lipinski definition) is 5. The van der Waals surface area contributed by atoms with Crippen LogP contribution in [0.1, 0.15) is 43.4 Å². The van der Waals surface area contributed by atoms with Gasteiger partial charge in [-0.05, 0) is 36.0 Å². The number of hydrogen-bond donors (Lipinski definition) is 1. The van der Waals surface area contributed by atoms with Gasteiger partial charge in [0.1, 0.15) is 5.82 Å². The van der Waals surface area contributed by atoms with E-state index in [-0.39, 0.29) is 11.8 Å². The molecule has 0 saturated carbocycles. The van der Waals surface area contributed by atoms with Gasteiger partial charge in [-0.25, -0.2) is 4.98 Å². The van der Waals surface area contributed by atoms with E-state index >= 15 is 0 Å². The Bertz CT molecular complexity index is 942.